The molecule has 1 fully saturated rings. The number of hydrogen-bond acceptors (Lipinski definition) is 5. The molecule has 3 rings (SSSR count). The Labute approximate surface area is 159 Å². The van der Waals surface area contributed by atoms with Gasteiger partial charge in [0.15, 0.2) is 5.13 Å². The second-order valence-electron chi connectivity index (χ2n) is 5.41. The molecule has 24 heavy (non-hydrogen) atoms. The molecule has 130 valence electrons. The molecular weight excluding hydrogens is 414 g/mol. The SMILES string of the molecule is Cc1sc(NC(=O)CC2COCCN2)nc1-c1ccc(Br)cc1.Cl. The quantitative estimate of drug-likeness (QED) is 0.774. The number of nitrogens with one attached hydrogen (secondary N) is 2. The van der Waals surface area contributed by atoms with Crippen molar-refractivity contribution < 1.29 is 9.53 Å². The van der Waals surface area contributed by atoms with Gasteiger partial charge in [-0.25, -0.2) is 4.98 Å². The third-order valence-corrected chi connectivity index (χ3v) is 5.01. The van der Waals surface area contributed by atoms with Crippen molar-refractivity contribution in [3.05, 3.63) is 33.6 Å². The number of rotatable bonds is 4. The van der Waals surface area contributed by atoms with Crippen LogP contribution in [0.25, 0.3) is 11.3 Å². The van der Waals surface area contributed by atoms with E-state index in [0.29, 0.717) is 24.8 Å². The number of ether oxygens (including phenoxy) is 1. The van der Waals surface area contributed by atoms with Gasteiger partial charge in [-0.3, -0.25) is 4.79 Å². The molecule has 1 amide bonds. The zero-order valence-corrected chi connectivity index (χ0v) is 16.4. The molecule has 1 aliphatic heterocycles. The minimum absolute atomic E-state index is 0. The van der Waals surface area contributed by atoms with Crippen molar-refractivity contribution in [3.63, 3.8) is 0 Å². The van der Waals surface area contributed by atoms with Crippen LogP contribution in [0.3, 0.4) is 0 Å². The summed E-state index contributed by atoms with van der Waals surface area (Å²) in [5, 5.41) is 6.81. The zero-order chi connectivity index (χ0) is 16.2. The zero-order valence-electron chi connectivity index (χ0n) is 13.2. The molecule has 5 nitrogen and oxygen atoms in total. The van der Waals surface area contributed by atoms with Gasteiger partial charge in [0, 0.05) is 33.9 Å². The maximum absolute atomic E-state index is 12.1. The Kier molecular flexibility index (Phi) is 7.18. The summed E-state index contributed by atoms with van der Waals surface area (Å²) in [7, 11) is 0. The minimum atomic E-state index is -0.0379. The van der Waals surface area contributed by atoms with Crippen LogP contribution in [-0.4, -0.2) is 36.7 Å². The highest BCUT2D eigenvalue weighted by molar-refractivity contribution is 9.10. The predicted octanol–water partition coefficient (Wildman–Crippen LogP) is 3.62. The molecule has 1 aromatic carbocycles. The van der Waals surface area contributed by atoms with E-state index in [1.54, 1.807) is 0 Å². The number of carbonyl (C=O) groups is 1. The third-order valence-electron chi connectivity index (χ3n) is 3.59. The van der Waals surface area contributed by atoms with Gasteiger partial charge in [0.25, 0.3) is 0 Å². The fraction of sp³-hybridized carbons (Fsp3) is 0.375. The largest absolute Gasteiger partial charge is 0.378 e. The van der Waals surface area contributed by atoms with E-state index in [9.17, 15) is 4.79 Å². The van der Waals surface area contributed by atoms with E-state index < -0.39 is 0 Å². The van der Waals surface area contributed by atoms with Crippen molar-refractivity contribution in [2.24, 2.45) is 0 Å². The van der Waals surface area contributed by atoms with Gasteiger partial charge in [-0.1, -0.05) is 28.1 Å². The molecule has 1 aliphatic rings. The standard InChI is InChI=1S/C16H18BrN3O2S.ClH/c1-10-15(11-2-4-12(17)5-3-11)20-16(23-10)19-14(21)8-13-9-22-7-6-18-13;/h2-5,13,18H,6-9H2,1H3,(H,19,20,21);1H. The number of benzene rings is 1. The number of hydrogen-bond donors (Lipinski definition) is 2. The molecule has 0 saturated carbocycles. The van der Waals surface area contributed by atoms with Crippen molar-refractivity contribution in [3.8, 4) is 11.3 Å². The second-order valence-corrected chi connectivity index (χ2v) is 7.53. The van der Waals surface area contributed by atoms with Gasteiger partial charge in [0.05, 0.1) is 18.9 Å². The minimum Gasteiger partial charge on any atom is -0.378 e. The van der Waals surface area contributed by atoms with Crippen LogP contribution >= 0.6 is 39.7 Å². The van der Waals surface area contributed by atoms with Gasteiger partial charge in [-0.05, 0) is 19.1 Å². The van der Waals surface area contributed by atoms with Crippen LogP contribution in [0.5, 0.6) is 0 Å². The summed E-state index contributed by atoms with van der Waals surface area (Å²) < 4.78 is 6.40. The highest BCUT2D eigenvalue weighted by Crippen LogP contribution is 2.31. The number of thiazole rings is 1. The van der Waals surface area contributed by atoms with Gasteiger partial charge in [-0.2, -0.15) is 0 Å². The van der Waals surface area contributed by atoms with Crippen molar-refractivity contribution in [1.82, 2.24) is 10.3 Å². The number of aromatic nitrogens is 1. The van der Waals surface area contributed by atoms with Crippen LogP contribution in [0.4, 0.5) is 5.13 Å². The number of carbonyl (C=O) groups excluding carboxylic acids is 1. The first kappa shape index (κ1) is 19.3. The molecule has 1 saturated heterocycles. The Morgan fingerprint density at radius 2 is 2.21 bits per heavy atom. The summed E-state index contributed by atoms with van der Waals surface area (Å²) in [5.74, 6) is -0.0379. The summed E-state index contributed by atoms with van der Waals surface area (Å²) in [4.78, 5) is 17.8. The van der Waals surface area contributed by atoms with Crippen LogP contribution < -0.4 is 10.6 Å². The van der Waals surface area contributed by atoms with Crippen molar-refractivity contribution in [1.29, 1.82) is 0 Å². The first-order valence-corrected chi connectivity index (χ1v) is 9.07. The molecule has 2 N–H and O–H groups in total. The van der Waals surface area contributed by atoms with Crippen LogP contribution in [0.2, 0.25) is 0 Å². The first-order chi connectivity index (χ1) is 11.1. The number of anilines is 1. The molecule has 2 heterocycles. The monoisotopic (exact) mass is 431 g/mol. The number of morpholine rings is 1. The molecule has 0 bridgehead atoms. The Hall–Kier alpha value is -0.990. The average Bonchev–Trinajstić information content (AvgIpc) is 2.89. The normalized spacial score (nSPS) is 17.2. The summed E-state index contributed by atoms with van der Waals surface area (Å²) in [6.07, 6.45) is 0.395. The fourth-order valence-corrected chi connectivity index (χ4v) is 3.59. The van der Waals surface area contributed by atoms with Crippen LogP contribution in [0.1, 0.15) is 11.3 Å². The molecule has 0 aliphatic carbocycles. The molecule has 1 aromatic heterocycles. The van der Waals surface area contributed by atoms with E-state index in [-0.39, 0.29) is 24.4 Å². The molecule has 1 atom stereocenters. The van der Waals surface area contributed by atoms with Crippen LogP contribution in [-0.2, 0) is 9.53 Å². The summed E-state index contributed by atoms with van der Waals surface area (Å²) >= 11 is 4.93. The summed E-state index contributed by atoms with van der Waals surface area (Å²) in [6, 6.07) is 8.08. The maximum Gasteiger partial charge on any atom is 0.227 e. The van der Waals surface area contributed by atoms with Gasteiger partial charge >= 0.3 is 0 Å². The molecule has 2 aromatic rings. The number of aryl methyl sites for hydroxylation is 1. The van der Waals surface area contributed by atoms with E-state index in [1.165, 1.54) is 11.3 Å². The van der Waals surface area contributed by atoms with Gasteiger partial charge < -0.3 is 15.4 Å². The highest BCUT2D eigenvalue weighted by Gasteiger charge is 2.18. The Morgan fingerprint density at radius 3 is 2.88 bits per heavy atom. The summed E-state index contributed by atoms with van der Waals surface area (Å²) in [5.41, 5.74) is 1.96. The van der Waals surface area contributed by atoms with Crippen LogP contribution in [0.15, 0.2) is 28.7 Å². The van der Waals surface area contributed by atoms with Crippen molar-refractivity contribution >= 4 is 50.7 Å². The lowest BCUT2D eigenvalue weighted by atomic mass is 10.1. The third kappa shape index (κ3) is 5.00. The number of halogens is 2. The Morgan fingerprint density at radius 1 is 1.46 bits per heavy atom. The van der Waals surface area contributed by atoms with E-state index in [0.717, 1.165) is 27.2 Å². The average molecular weight is 433 g/mol. The summed E-state index contributed by atoms with van der Waals surface area (Å²) in [6.45, 7) is 4.10. The smallest absolute Gasteiger partial charge is 0.227 e. The van der Waals surface area contributed by atoms with Crippen LogP contribution in [0, 0.1) is 6.92 Å². The van der Waals surface area contributed by atoms with E-state index in [1.807, 2.05) is 31.2 Å². The van der Waals surface area contributed by atoms with Crippen molar-refractivity contribution in [2.75, 3.05) is 25.1 Å². The topological polar surface area (TPSA) is 63.2 Å². The molecular formula is C16H19BrClN3O2S. The highest BCUT2D eigenvalue weighted by atomic mass is 79.9. The van der Waals surface area contributed by atoms with E-state index in [2.05, 4.69) is 31.5 Å². The van der Waals surface area contributed by atoms with Gasteiger partial charge in [-0.15, -0.1) is 23.7 Å². The molecule has 0 radical (unpaired) electrons. The lowest BCUT2D eigenvalue weighted by Crippen LogP contribution is -2.43. The fourth-order valence-electron chi connectivity index (χ4n) is 2.47. The van der Waals surface area contributed by atoms with E-state index >= 15 is 0 Å². The van der Waals surface area contributed by atoms with E-state index in [4.69, 9.17) is 4.74 Å². The molecule has 8 heteroatoms. The Balaban J connectivity index is 0.00000208. The van der Waals surface area contributed by atoms with Crippen molar-refractivity contribution in [2.45, 2.75) is 19.4 Å². The number of nitrogens with zero attached hydrogens (tertiary/aromatic N) is 1. The lowest BCUT2D eigenvalue weighted by Gasteiger charge is -2.22. The second kappa shape index (κ2) is 8.92. The predicted molar refractivity (Wildman–Crippen MR) is 103 cm³/mol. The first-order valence-electron chi connectivity index (χ1n) is 7.46. The maximum atomic E-state index is 12.1. The number of amides is 1. The molecule has 0 spiro atoms. The van der Waals surface area contributed by atoms with Gasteiger partial charge in [0.2, 0.25) is 5.91 Å². The lowest BCUT2D eigenvalue weighted by molar-refractivity contribution is -0.117. The Bertz CT molecular complexity index is 687. The van der Waals surface area contributed by atoms with Gasteiger partial charge in [0.1, 0.15) is 0 Å². The molecule has 1 unspecified atom stereocenters.